The Morgan fingerprint density at radius 1 is 1.20 bits per heavy atom. The summed E-state index contributed by atoms with van der Waals surface area (Å²) >= 11 is 0. The minimum Gasteiger partial charge on any atom is -0.506 e. The third-order valence-corrected chi connectivity index (χ3v) is 6.96. The zero-order chi connectivity index (χ0) is 30.1. The van der Waals surface area contributed by atoms with Crippen LogP contribution in [0.5, 0.6) is 11.5 Å². The van der Waals surface area contributed by atoms with E-state index in [1.165, 1.54) is 26.4 Å². The Kier molecular flexibility index (Phi) is 11.9. The molecule has 11 heteroatoms. The van der Waals surface area contributed by atoms with E-state index in [-0.39, 0.29) is 40.8 Å². The first-order valence-corrected chi connectivity index (χ1v) is 12.9. The summed E-state index contributed by atoms with van der Waals surface area (Å²) in [5, 5.41) is 35.4. The molecule has 0 saturated heterocycles. The Morgan fingerprint density at radius 2 is 1.88 bits per heavy atom. The number of nitrogens with one attached hydrogen (secondary N) is 1. The fraction of sp³-hybridized carbons (Fsp3) is 0.483. The molecular formula is C29H41N3O8. The summed E-state index contributed by atoms with van der Waals surface area (Å²) in [5.41, 5.74) is 6.63. The number of carbonyl (C=O) groups excluding carboxylic acids is 2. The van der Waals surface area contributed by atoms with Crippen LogP contribution in [0.4, 0.5) is 16.2 Å². The number of methoxy groups -OCH3 is 2. The number of hydrogen-bond donors (Lipinski definition) is 5. The van der Waals surface area contributed by atoms with Crippen molar-refractivity contribution in [1.82, 2.24) is 0 Å². The zero-order valence-corrected chi connectivity index (χ0v) is 23.9. The second-order valence-corrected chi connectivity index (χ2v) is 10.1. The molecule has 220 valence electrons. The van der Waals surface area contributed by atoms with E-state index in [1.807, 2.05) is 13.8 Å². The van der Waals surface area contributed by atoms with Gasteiger partial charge in [0, 0.05) is 37.3 Å². The van der Waals surface area contributed by atoms with Gasteiger partial charge in [-0.15, -0.1) is 0 Å². The average Bonchev–Trinajstić information content (AvgIpc) is 2.90. The summed E-state index contributed by atoms with van der Waals surface area (Å²) in [6, 6.07) is 1.21. The van der Waals surface area contributed by atoms with E-state index in [0.717, 1.165) is 0 Å². The van der Waals surface area contributed by atoms with Crippen LogP contribution in [0, 0.1) is 11.8 Å². The Hall–Kier alpha value is -3.67. The number of aliphatic hydroxyl groups excluding tert-OH is 1. The fourth-order valence-electron chi connectivity index (χ4n) is 4.77. The molecule has 6 atom stereocenters. The van der Waals surface area contributed by atoms with Crippen LogP contribution >= 0.6 is 0 Å². The molecule has 2 amide bonds. The van der Waals surface area contributed by atoms with Crippen LogP contribution < -0.4 is 11.1 Å². The van der Waals surface area contributed by atoms with Crippen LogP contribution in [0.3, 0.4) is 0 Å². The number of aromatic hydroxyl groups is 2. The quantitative estimate of drug-likeness (QED) is 0.160. The van der Waals surface area contributed by atoms with E-state index in [9.17, 15) is 24.9 Å². The van der Waals surface area contributed by atoms with E-state index in [4.69, 9.17) is 19.9 Å². The summed E-state index contributed by atoms with van der Waals surface area (Å²) in [6.45, 7) is 10.5. The lowest BCUT2D eigenvalue weighted by molar-refractivity contribution is -0.112. The number of amides is 2. The van der Waals surface area contributed by atoms with Crippen molar-refractivity contribution < 1.29 is 39.1 Å². The molecule has 0 saturated carbocycles. The zero-order valence-electron chi connectivity index (χ0n) is 23.9. The van der Waals surface area contributed by atoms with Gasteiger partial charge in [-0.05, 0) is 44.9 Å². The largest absolute Gasteiger partial charge is 0.506 e. The van der Waals surface area contributed by atoms with E-state index >= 15 is 0 Å². The Balaban J connectivity index is 2.66. The molecule has 0 aliphatic carbocycles. The number of hydrogen-bond acceptors (Lipinski definition) is 9. The number of phenolic OH excluding ortho intramolecular Hbond substituents is 2. The number of nitrogens with two attached hydrogens (primary N) is 1. The van der Waals surface area contributed by atoms with Crippen LogP contribution in [-0.2, 0) is 25.4 Å². The number of primary amides is 1. The van der Waals surface area contributed by atoms with E-state index in [0.29, 0.717) is 17.6 Å². The Labute approximate surface area is 235 Å². The molecule has 1 aliphatic heterocycles. The van der Waals surface area contributed by atoms with Crippen LogP contribution in [-0.4, -0.2) is 72.7 Å². The molecule has 1 aliphatic rings. The van der Waals surface area contributed by atoms with E-state index in [2.05, 4.69) is 17.0 Å². The number of aliphatic hydroxyl groups is 1. The molecule has 2 rings (SSSR count). The van der Waals surface area contributed by atoms with Gasteiger partial charge in [-0.25, -0.2) is 4.79 Å². The molecule has 2 bridgehead atoms. The van der Waals surface area contributed by atoms with Crippen molar-refractivity contribution in [3.63, 3.8) is 0 Å². The molecule has 1 aromatic carbocycles. The highest BCUT2D eigenvalue weighted by Crippen LogP contribution is 2.43. The number of rotatable bonds is 4. The van der Waals surface area contributed by atoms with Crippen molar-refractivity contribution in [1.29, 1.82) is 0 Å². The third kappa shape index (κ3) is 8.17. The number of benzene rings is 1. The Morgan fingerprint density at radius 3 is 2.45 bits per heavy atom. The number of fused-ring (bicyclic) bond motifs is 2. The van der Waals surface area contributed by atoms with Crippen LogP contribution in [0.25, 0.3) is 0 Å². The summed E-state index contributed by atoms with van der Waals surface area (Å²) in [6.07, 6.45) is 2.89. The summed E-state index contributed by atoms with van der Waals surface area (Å²) < 4.78 is 16.5. The van der Waals surface area contributed by atoms with Gasteiger partial charge in [0.05, 0.1) is 17.9 Å². The van der Waals surface area contributed by atoms with Gasteiger partial charge in [0.15, 0.2) is 6.10 Å². The third-order valence-electron chi connectivity index (χ3n) is 6.96. The second kappa shape index (κ2) is 14.6. The van der Waals surface area contributed by atoms with Crippen molar-refractivity contribution in [2.24, 2.45) is 22.6 Å². The van der Waals surface area contributed by atoms with Gasteiger partial charge in [0.1, 0.15) is 23.3 Å². The predicted molar refractivity (Wildman–Crippen MR) is 153 cm³/mol. The van der Waals surface area contributed by atoms with Gasteiger partial charge in [-0.3, -0.25) is 9.79 Å². The maximum atomic E-state index is 12.9. The Bertz CT molecular complexity index is 1180. The summed E-state index contributed by atoms with van der Waals surface area (Å²) in [7, 11) is 2.93. The topological polar surface area (TPSA) is 173 Å². The van der Waals surface area contributed by atoms with Gasteiger partial charge in [0.25, 0.3) is 5.91 Å². The number of carbonyl (C=O) groups is 2. The molecule has 0 spiro atoms. The first kappa shape index (κ1) is 32.5. The number of aliphatic imine (C=N–C) groups is 1. The SMILES string of the molecule is C=Nc1c(O)cc2c(O)c1C[C@@H](C)C[C@H](OC)[C@H](O)[C@@H](C)C=C(C)[C@H](OC(N)=O)[C@@H](OC)C=CC=C(C)C(=O)N2. The van der Waals surface area contributed by atoms with Crippen molar-refractivity contribution in [3.8, 4) is 11.5 Å². The number of allylic oxidation sites excluding steroid dienone is 2. The fourth-order valence-corrected chi connectivity index (χ4v) is 4.77. The number of ether oxygens (including phenoxy) is 3. The van der Waals surface area contributed by atoms with Crippen LogP contribution in [0.2, 0.25) is 0 Å². The van der Waals surface area contributed by atoms with Gasteiger partial charge in [0.2, 0.25) is 0 Å². The minimum atomic E-state index is -0.993. The first-order valence-electron chi connectivity index (χ1n) is 12.9. The first-order chi connectivity index (χ1) is 18.8. The maximum absolute atomic E-state index is 12.9. The lowest BCUT2D eigenvalue weighted by Crippen LogP contribution is -2.37. The summed E-state index contributed by atoms with van der Waals surface area (Å²) in [4.78, 5) is 28.5. The molecule has 40 heavy (non-hydrogen) atoms. The average molecular weight is 560 g/mol. The second-order valence-electron chi connectivity index (χ2n) is 10.1. The maximum Gasteiger partial charge on any atom is 0.405 e. The molecule has 0 unspecified atom stereocenters. The molecule has 0 radical (unpaired) electrons. The van der Waals surface area contributed by atoms with E-state index < -0.39 is 42.3 Å². The number of phenols is 2. The van der Waals surface area contributed by atoms with Crippen molar-refractivity contribution in [2.45, 2.75) is 65.0 Å². The van der Waals surface area contributed by atoms with Gasteiger partial charge in [-0.2, -0.15) is 0 Å². The van der Waals surface area contributed by atoms with Gasteiger partial charge >= 0.3 is 6.09 Å². The van der Waals surface area contributed by atoms with Crippen molar-refractivity contribution in [2.75, 3.05) is 19.5 Å². The molecular weight excluding hydrogens is 518 g/mol. The molecule has 1 heterocycles. The minimum absolute atomic E-state index is 0.00760. The number of anilines is 1. The lowest BCUT2D eigenvalue weighted by atomic mass is 9.87. The highest BCUT2D eigenvalue weighted by atomic mass is 16.6. The van der Waals surface area contributed by atoms with Gasteiger partial charge in [-0.1, -0.05) is 38.2 Å². The standard InChI is InChI=1S/C29H41N3O8/c1-15-11-19-24(31-5)21(33)14-20(26(19)35)32-28(36)16(2)9-8-10-22(38-6)27(40-29(30)37)18(4)13-17(3)25(34)23(12-15)39-7/h8-10,13-15,17,22-23,25,27,33-35H,5,11-12H2,1-4,6-7H3,(H2,30,37)(H,32,36)/t15-,17+,22+,23+,25-,27+/m1/s1. The predicted octanol–water partition coefficient (Wildman–Crippen LogP) is 3.89. The smallest absolute Gasteiger partial charge is 0.405 e. The lowest BCUT2D eigenvalue weighted by Gasteiger charge is -2.29. The monoisotopic (exact) mass is 559 g/mol. The molecule has 11 nitrogen and oxygen atoms in total. The normalized spacial score (nSPS) is 26.8. The summed E-state index contributed by atoms with van der Waals surface area (Å²) in [5.74, 6) is -1.60. The van der Waals surface area contributed by atoms with Crippen LogP contribution in [0.1, 0.15) is 39.7 Å². The van der Waals surface area contributed by atoms with Crippen molar-refractivity contribution >= 4 is 30.1 Å². The molecule has 0 fully saturated rings. The molecule has 1 aromatic rings. The highest BCUT2D eigenvalue weighted by molar-refractivity contribution is 6.04. The number of nitrogens with zero attached hydrogens (tertiary/aromatic N) is 1. The van der Waals surface area contributed by atoms with Crippen molar-refractivity contribution in [3.05, 3.63) is 47.1 Å². The van der Waals surface area contributed by atoms with E-state index in [1.54, 1.807) is 32.1 Å². The van der Waals surface area contributed by atoms with Crippen LogP contribution in [0.15, 0.2) is 46.5 Å². The van der Waals surface area contributed by atoms with Gasteiger partial charge < -0.3 is 40.6 Å². The highest BCUT2D eigenvalue weighted by Gasteiger charge is 2.30. The molecule has 6 N–H and O–H groups in total. The molecule has 0 aromatic heterocycles.